The number of carbonyl (C=O) groups excluding carboxylic acids is 1. The van der Waals surface area contributed by atoms with Crippen molar-refractivity contribution < 1.29 is 9.53 Å². The van der Waals surface area contributed by atoms with Gasteiger partial charge in [0, 0.05) is 35.2 Å². The Bertz CT molecular complexity index is 1250. The lowest BCUT2D eigenvalue weighted by molar-refractivity contribution is -0.116. The van der Waals surface area contributed by atoms with Crippen LogP contribution in [0.15, 0.2) is 42.5 Å². The number of pyridine rings is 1. The summed E-state index contributed by atoms with van der Waals surface area (Å²) in [4.78, 5) is 22.5. The van der Waals surface area contributed by atoms with Crippen LogP contribution in [-0.4, -0.2) is 55.1 Å². The summed E-state index contributed by atoms with van der Waals surface area (Å²) in [6, 6.07) is 13.7. The van der Waals surface area contributed by atoms with Gasteiger partial charge < -0.3 is 19.9 Å². The highest BCUT2D eigenvalue weighted by atomic mass is 35.5. The highest BCUT2D eigenvalue weighted by molar-refractivity contribution is 6.35. The van der Waals surface area contributed by atoms with E-state index in [1.807, 2.05) is 18.2 Å². The lowest BCUT2D eigenvalue weighted by Gasteiger charge is -2.27. The molecule has 8 heteroatoms. The summed E-state index contributed by atoms with van der Waals surface area (Å²) in [7, 11) is 2.27. The number of carbonyl (C=O) groups is 1. The van der Waals surface area contributed by atoms with Crippen LogP contribution in [0, 0.1) is 6.92 Å². The summed E-state index contributed by atoms with van der Waals surface area (Å²) in [6.45, 7) is 7.82. The summed E-state index contributed by atoms with van der Waals surface area (Å²) in [5.41, 5.74) is 2.85. The van der Waals surface area contributed by atoms with Crippen molar-refractivity contribution in [3.05, 3.63) is 58.1 Å². The molecule has 4 rings (SSSR count). The van der Waals surface area contributed by atoms with Crippen molar-refractivity contribution >= 4 is 51.5 Å². The number of unbranched alkanes of at least 4 members (excludes halogenated alkanes) is 1. The first-order valence-electron chi connectivity index (χ1n) is 13.6. The van der Waals surface area contributed by atoms with Gasteiger partial charge in [-0.1, -0.05) is 36.5 Å². The Morgan fingerprint density at radius 3 is 2.79 bits per heavy atom. The Hall–Kier alpha value is -2.54. The zero-order valence-electron chi connectivity index (χ0n) is 22.6. The number of nitrogens with zero attached hydrogens (tertiary/aromatic N) is 3. The largest absolute Gasteiger partial charge is 0.491 e. The molecule has 204 valence electrons. The van der Waals surface area contributed by atoms with E-state index in [4.69, 9.17) is 32.9 Å². The van der Waals surface area contributed by atoms with Gasteiger partial charge in [0.05, 0.1) is 23.6 Å². The number of hydrogen-bond acceptors (Lipinski definition) is 5. The molecule has 1 saturated heterocycles. The lowest BCUT2D eigenvalue weighted by Crippen LogP contribution is -2.33. The molecule has 1 N–H and O–H groups in total. The smallest absolute Gasteiger partial charge is 0.227 e. The van der Waals surface area contributed by atoms with Crippen LogP contribution in [0.3, 0.4) is 0 Å². The van der Waals surface area contributed by atoms with Crippen molar-refractivity contribution in [2.24, 2.45) is 0 Å². The number of benzene rings is 2. The highest BCUT2D eigenvalue weighted by Crippen LogP contribution is 2.29. The quantitative estimate of drug-likeness (QED) is 0.283. The van der Waals surface area contributed by atoms with E-state index < -0.39 is 0 Å². The van der Waals surface area contributed by atoms with E-state index in [9.17, 15) is 4.79 Å². The van der Waals surface area contributed by atoms with Gasteiger partial charge in [0.25, 0.3) is 0 Å². The third kappa shape index (κ3) is 7.52. The number of halogens is 2. The van der Waals surface area contributed by atoms with Gasteiger partial charge in [0.1, 0.15) is 11.6 Å². The molecule has 0 saturated carbocycles. The third-order valence-electron chi connectivity index (χ3n) is 7.28. The van der Waals surface area contributed by atoms with Gasteiger partial charge in [-0.3, -0.25) is 4.79 Å². The molecular formula is C30H38Cl2N4O2. The van der Waals surface area contributed by atoms with Crippen molar-refractivity contribution in [3.8, 4) is 5.75 Å². The van der Waals surface area contributed by atoms with Crippen LogP contribution in [0.2, 0.25) is 10.0 Å². The molecular weight excluding hydrogens is 519 g/mol. The van der Waals surface area contributed by atoms with Gasteiger partial charge in [-0.2, -0.15) is 0 Å². The third-order valence-corrected chi connectivity index (χ3v) is 7.81. The molecule has 1 aliphatic rings. The maximum Gasteiger partial charge on any atom is 0.227 e. The number of amides is 1. The first kappa shape index (κ1) is 28.5. The number of hydrogen-bond donors (Lipinski definition) is 1. The van der Waals surface area contributed by atoms with E-state index in [0.717, 1.165) is 47.5 Å². The number of aryl methyl sites for hydroxylation is 1. The maximum absolute atomic E-state index is 12.5. The standard InChI is InChI=1S/C30H38Cl2N4O2/c1-4-5-14-35(3)24-7-6-15-36(16-12-24)29-18-21(2)25-20-23(9-10-27(25)34-29)33-30(37)13-17-38-28-11-8-22(31)19-26(28)32/h8-11,18-20,24H,4-7,12-17H2,1-3H3,(H,33,37). The van der Waals surface area contributed by atoms with Crippen LogP contribution >= 0.6 is 23.2 Å². The van der Waals surface area contributed by atoms with Crippen molar-refractivity contribution in [1.82, 2.24) is 9.88 Å². The average molecular weight is 558 g/mol. The van der Waals surface area contributed by atoms with E-state index in [2.05, 4.69) is 42.1 Å². The van der Waals surface area contributed by atoms with Gasteiger partial charge in [0.2, 0.25) is 5.91 Å². The van der Waals surface area contributed by atoms with E-state index in [0.29, 0.717) is 21.8 Å². The Kier molecular flexibility index (Phi) is 10.1. The van der Waals surface area contributed by atoms with Crippen molar-refractivity contribution in [2.45, 2.75) is 58.4 Å². The van der Waals surface area contributed by atoms with Gasteiger partial charge in [-0.15, -0.1) is 0 Å². The molecule has 0 bridgehead atoms. The van der Waals surface area contributed by atoms with E-state index in [-0.39, 0.29) is 18.9 Å². The van der Waals surface area contributed by atoms with Crippen molar-refractivity contribution in [2.75, 3.05) is 43.5 Å². The molecule has 2 heterocycles. The first-order valence-corrected chi connectivity index (χ1v) is 14.3. The fraction of sp³-hybridized carbons (Fsp3) is 0.467. The zero-order valence-corrected chi connectivity index (χ0v) is 24.1. The Morgan fingerprint density at radius 2 is 2.00 bits per heavy atom. The lowest BCUT2D eigenvalue weighted by atomic mass is 10.1. The molecule has 6 nitrogen and oxygen atoms in total. The number of rotatable bonds is 10. The molecule has 1 aromatic heterocycles. The molecule has 0 spiro atoms. The molecule has 1 aliphatic heterocycles. The molecule has 0 aliphatic carbocycles. The summed E-state index contributed by atoms with van der Waals surface area (Å²) in [5.74, 6) is 1.43. The van der Waals surface area contributed by atoms with Gasteiger partial charge in [-0.25, -0.2) is 4.98 Å². The number of fused-ring (bicyclic) bond motifs is 1. The molecule has 1 amide bonds. The molecule has 1 fully saturated rings. The molecule has 38 heavy (non-hydrogen) atoms. The van der Waals surface area contributed by atoms with Gasteiger partial charge in [0.15, 0.2) is 0 Å². The molecule has 2 aromatic carbocycles. The molecule has 3 aromatic rings. The van der Waals surface area contributed by atoms with Crippen molar-refractivity contribution in [1.29, 1.82) is 0 Å². The Labute approximate surface area is 236 Å². The molecule has 1 atom stereocenters. The fourth-order valence-corrected chi connectivity index (χ4v) is 5.49. The minimum atomic E-state index is -0.125. The number of nitrogens with one attached hydrogen (secondary N) is 1. The van der Waals surface area contributed by atoms with Crippen molar-refractivity contribution in [3.63, 3.8) is 0 Å². The molecule has 1 unspecified atom stereocenters. The van der Waals surface area contributed by atoms with Crippen LogP contribution in [0.4, 0.5) is 11.5 Å². The maximum atomic E-state index is 12.5. The average Bonchev–Trinajstić information content (AvgIpc) is 3.15. The normalized spacial score (nSPS) is 16.1. The Morgan fingerprint density at radius 1 is 1.16 bits per heavy atom. The zero-order chi connectivity index (χ0) is 27.1. The van der Waals surface area contributed by atoms with Crippen LogP contribution < -0.4 is 15.0 Å². The second-order valence-corrected chi connectivity index (χ2v) is 11.0. The summed E-state index contributed by atoms with van der Waals surface area (Å²) >= 11 is 12.0. The van der Waals surface area contributed by atoms with Gasteiger partial charge >= 0.3 is 0 Å². The predicted octanol–water partition coefficient (Wildman–Crippen LogP) is 7.35. The van der Waals surface area contributed by atoms with E-state index in [1.165, 1.54) is 32.2 Å². The number of aromatic nitrogens is 1. The highest BCUT2D eigenvalue weighted by Gasteiger charge is 2.21. The topological polar surface area (TPSA) is 57.7 Å². The van der Waals surface area contributed by atoms with Crippen LogP contribution in [-0.2, 0) is 4.79 Å². The monoisotopic (exact) mass is 556 g/mol. The van der Waals surface area contributed by atoms with Crippen LogP contribution in [0.25, 0.3) is 10.9 Å². The summed E-state index contributed by atoms with van der Waals surface area (Å²) < 4.78 is 5.64. The second-order valence-electron chi connectivity index (χ2n) is 10.2. The summed E-state index contributed by atoms with van der Waals surface area (Å²) in [6.07, 6.45) is 6.29. The minimum Gasteiger partial charge on any atom is -0.491 e. The fourth-order valence-electron chi connectivity index (χ4n) is 5.02. The van der Waals surface area contributed by atoms with E-state index >= 15 is 0 Å². The molecule has 0 radical (unpaired) electrons. The van der Waals surface area contributed by atoms with Crippen LogP contribution in [0.1, 0.15) is 51.0 Å². The number of anilines is 2. The predicted molar refractivity (Wildman–Crippen MR) is 159 cm³/mol. The number of ether oxygens (including phenoxy) is 1. The second kappa shape index (κ2) is 13.5. The minimum absolute atomic E-state index is 0.125. The Balaban J connectivity index is 1.35. The first-order chi connectivity index (χ1) is 18.3. The SMILES string of the molecule is CCCCN(C)C1CCCN(c2cc(C)c3cc(NC(=O)CCOc4ccc(Cl)cc4Cl)ccc3n2)CC1. The van der Waals surface area contributed by atoms with E-state index in [1.54, 1.807) is 18.2 Å². The van der Waals surface area contributed by atoms with Crippen LogP contribution in [0.5, 0.6) is 5.75 Å². The summed E-state index contributed by atoms with van der Waals surface area (Å²) in [5, 5.41) is 4.98. The van der Waals surface area contributed by atoms with Gasteiger partial charge in [-0.05, 0) is 94.2 Å².